The lowest BCUT2D eigenvalue weighted by Crippen LogP contribution is -2.08. The van der Waals surface area contributed by atoms with E-state index in [9.17, 15) is 0 Å². The summed E-state index contributed by atoms with van der Waals surface area (Å²) in [5.41, 5.74) is 7.75. The summed E-state index contributed by atoms with van der Waals surface area (Å²) in [4.78, 5) is 7.34. The lowest BCUT2D eigenvalue weighted by molar-refractivity contribution is 0.877. The number of H-pyrrole nitrogens is 1. The van der Waals surface area contributed by atoms with Crippen molar-refractivity contribution in [1.29, 1.82) is 0 Å². The van der Waals surface area contributed by atoms with E-state index in [0.29, 0.717) is 0 Å². The van der Waals surface area contributed by atoms with Crippen LogP contribution in [0.4, 0.5) is 0 Å². The van der Waals surface area contributed by atoms with Gasteiger partial charge in [-0.25, -0.2) is 0 Å². The van der Waals surface area contributed by atoms with Gasteiger partial charge in [0, 0.05) is 23.3 Å². The largest absolute Gasteiger partial charge is 0.361 e. The summed E-state index contributed by atoms with van der Waals surface area (Å²) in [6.45, 7) is 3.65. The number of fused-ring (bicyclic) bond motifs is 1. The molecule has 0 aliphatic carbocycles. The normalized spacial score (nSPS) is 13.0. The number of nitrogens with two attached hydrogens (primary N) is 1. The lowest BCUT2D eigenvalue weighted by Gasteiger charge is -2.05. The van der Waals surface area contributed by atoms with Gasteiger partial charge in [-0.3, -0.25) is 4.98 Å². The minimum absolute atomic E-state index is 0.195. The average Bonchev–Trinajstić information content (AvgIpc) is 2.63. The van der Waals surface area contributed by atoms with Crippen LogP contribution in [0.15, 0.2) is 37.2 Å². The summed E-state index contributed by atoms with van der Waals surface area (Å²) >= 11 is 0. The molecule has 0 radical (unpaired) electrons. The van der Waals surface area contributed by atoms with Crippen molar-refractivity contribution in [3.05, 3.63) is 42.9 Å². The monoisotopic (exact) mass is 173 g/mol. The highest BCUT2D eigenvalue weighted by Gasteiger charge is 2.07. The van der Waals surface area contributed by atoms with E-state index >= 15 is 0 Å². The van der Waals surface area contributed by atoms with Crippen molar-refractivity contribution < 1.29 is 0 Å². The molecule has 0 aromatic carbocycles. The topological polar surface area (TPSA) is 54.7 Å². The molecule has 0 saturated carbocycles. The Bertz CT molecular complexity index is 430. The molecule has 3 N–H and O–H groups in total. The first-order valence-electron chi connectivity index (χ1n) is 4.13. The third kappa shape index (κ3) is 1.23. The zero-order valence-electron chi connectivity index (χ0n) is 7.20. The van der Waals surface area contributed by atoms with Crippen molar-refractivity contribution in [3.8, 4) is 0 Å². The van der Waals surface area contributed by atoms with Gasteiger partial charge in [0.1, 0.15) is 0 Å². The van der Waals surface area contributed by atoms with Gasteiger partial charge in [-0.05, 0) is 12.1 Å². The Morgan fingerprint density at radius 2 is 2.38 bits per heavy atom. The molecule has 1 unspecified atom stereocenters. The van der Waals surface area contributed by atoms with Crippen molar-refractivity contribution in [1.82, 2.24) is 9.97 Å². The maximum absolute atomic E-state index is 5.83. The fraction of sp³-hybridized carbons (Fsp3) is 0.100. The fourth-order valence-corrected chi connectivity index (χ4v) is 1.38. The predicted molar refractivity (Wildman–Crippen MR) is 53.2 cm³/mol. The highest BCUT2D eigenvalue weighted by atomic mass is 14.8. The summed E-state index contributed by atoms with van der Waals surface area (Å²) < 4.78 is 0. The zero-order chi connectivity index (χ0) is 9.26. The minimum Gasteiger partial charge on any atom is -0.361 e. The Kier molecular flexibility index (Phi) is 1.87. The highest BCUT2D eigenvalue weighted by Crippen LogP contribution is 2.19. The van der Waals surface area contributed by atoms with Gasteiger partial charge < -0.3 is 10.7 Å². The van der Waals surface area contributed by atoms with Gasteiger partial charge in [0.05, 0.1) is 11.7 Å². The van der Waals surface area contributed by atoms with Gasteiger partial charge in [0.15, 0.2) is 0 Å². The third-order valence-corrected chi connectivity index (χ3v) is 2.08. The maximum atomic E-state index is 5.83. The molecule has 3 nitrogen and oxygen atoms in total. The quantitative estimate of drug-likeness (QED) is 0.680. The molecule has 1 atom stereocenters. The van der Waals surface area contributed by atoms with Gasteiger partial charge in [-0.2, -0.15) is 0 Å². The van der Waals surface area contributed by atoms with E-state index in [0.717, 1.165) is 16.6 Å². The van der Waals surface area contributed by atoms with Crippen LogP contribution in [0.2, 0.25) is 0 Å². The van der Waals surface area contributed by atoms with Crippen LogP contribution in [0.5, 0.6) is 0 Å². The SMILES string of the molecule is C=CC(N)c1nccc2[nH]ccc12. The van der Waals surface area contributed by atoms with Crippen molar-refractivity contribution in [2.24, 2.45) is 5.73 Å². The molecule has 2 rings (SSSR count). The fourth-order valence-electron chi connectivity index (χ4n) is 1.38. The molecular weight excluding hydrogens is 162 g/mol. The third-order valence-electron chi connectivity index (χ3n) is 2.08. The Labute approximate surface area is 76.3 Å². The first-order valence-corrected chi connectivity index (χ1v) is 4.13. The second kappa shape index (κ2) is 3.03. The average molecular weight is 173 g/mol. The Morgan fingerprint density at radius 1 is 1.54 bits per heavy atom. The van der Waals surface area contributed by atoms with Gasteiger partial charge in [0.2, 0.25) is 0 Å². The van der Waals surface area contributed by atoms with Crippen LogP contribution < -0.4 is 5.73 Å². The molecule has 2 aromatic rings. The molecule has 0 aliphatic rings. The van der Waals surface area contributed by atoms with Crippen LogP contribution in [0.3, 0.4) is 0 Å². The summed E-state index contributed by atoms with van der Waals surface area (Å²) in [5, 5.41) is 1.06. The summed E-state index contributed by atoms with van der Waals surface area (Å²) in [6, 6.07) is 3.70. The van der Waals surface area contributed by atoms with E-state index < -0.39 is 0 Å². The second-order valence-electron chi connectivity index (χ2n) is 2.90. The van der Waals surface area contributed by atoms with Gasteiger partial charge >= 0.3 is 0 Å². The molecule has 0 saturated heterocycles. The van der Waals surface area contributed by atoms with Crippen molar-refractivity contribution >= 4 is 10.9 Å². The van der Waals surface area contributed by atoms with Gasteiger partial charge in [-0.1, -0.05) is 6.08 Å². The first kappa shape index (κ1) is 8.01. The van der Waals surface area contributed by atoms with Gasteiger partial charge in [0.25, 0.3) is 0 Å². The van der Waals surface area contributed by atoms with Crippen LogP contribution >= 0.6 is 0 Å². The van der Waals surface area contributed by atoms with Crippen LogP contribution in [-0.2, 0) is 0 Å². The van der Waals surface area contributed by atoms with Crippen LogP contribution in [0.1, 0.15) is 11.7 Å². The Hall–Kier alpha value is -1.61. The van der Waals surface area contributed by atoms with E-state index in [4.69, 9.17) is 5.73 Å². The molecule has 0 spiro atoms. The first-order chi connectivity index (χ1) is 6.33. The van der Waals surface area contributed by atoms with Gasteiger partial charge in [-0.15, -0.1) is 6.58 Å². The maximum Gasteiger partial charge on any atom is 0.0703 e. The predicted octanol–water partition coefficient (Wildman–Crippen LogP) is 1.75. The molecule has 0 aliphatic heterocycles. The summed E-state index contributed by atoms with van der Waals surface area (Å²) in [6.07, 6.45) is 5.32. The van der Waals surface area contributed by atoms with E-state index in [1.165, 1.54) is 0 Å². The molecule has 2 heterocycles. The molecule has 66 valence electrons. The van der Waals surface area contributed by atoms with E-state index in [2.05, 4.69) is 16.5 Å². The molecular formula is C10H11N3. The Balaban J connectivity index is 2.67. The lowest BCUT2D eigenvalue weighted by atomic mass is 10.1. The van der Waals surface area contributed by atoms with Crippen LogP contribution in [-0.4, -0.2) is 9.97 Å². The molecule has 2 aromatic heterocycles. The smallest absolute Gasteiger partial charge is 0.0703 e. The number of aromatic nitrogens is 2. The van der Waals surface area contributed by atoms with E-state index in [-0.39, 0.29) is 6.04 Å². The molecule has 0 amide bonds. The summed E-state index contributed by atoms with van der Waals surface area (Å²) in [5.74, 6) is 0. The highest BCUT2D eigenvalue weighted by molar-refractivity contribution is 5.81. The standard InChI is InChI=1S/C10H11N3/c1-2-8(11)10-7-3-5-12-9(7)4-6-13-10/h2-6,8,12H,1,11H2. The number of rotatable bonds is 2. The zero-order valence-corrected chi connectivity index (χ0v) is 7.20. The van der Waals surface area contributed by atoms with Crippen molar-refractivity contribution in [2.75, 3.05) is 0 Å². The molecule has 0 bridgehead atoms. The van der Waals surface area contributed by atoms with Crippen LogP contribution in [0.25, 0.3) is 10.9 Å². The second-order valence-corrected chi connectivity index (χ2v) is 2.90. The van der Waals surface area contributed by atoms with Crippen molar-refractivity contribution in [2.45, 2.75) is 6.04 Å². The Morgan fingerprint density at radius 3 is 3.15 bits per heavy atom. The molecule has 3 heteroatoms. The van der Waals surface area contributed by atoms with Crippen molar-refractivity contribution in [3.63, 3.8) is 0 Å². The molecule has 0 fully saturated rings. The number of pyridine rings is 1. The van der Waals surface area contributed by atoms with Crippen LogP contribution in [0, 0.1) is 0 Å². The number of aromatic amines is 1. The van der Waals surface area contributed by atoms with E-state index in [1.807, 2.05) is 18.3 Å². The van der Waals surface area contributed by atoms with E-state index in [1.54, 1.807) is 12.3 Å². The number of hydrogen-bond donors (Lipinski definition) is 2. The molecule has 13 heavy (non-hydrogen) atoms. The number of nitrogens with zero attached hydrogens (tertiary/aromatic N) is 1. The number of hydrogen-bond acceptors (Lipinski definition) is 2. The summed E-state index contributed by atoms with van der Waals surface area (Å²) in [7, 11) is 0. The minimum atomic E-state index is -0.195. The number of nitrogens with one attached hydrogen (secondary N) is 1.